The number of benzene rings is 2. The van der Waals surface area contributed by atoms with Crippen LogP contribution in [-0.2, 0) is 0 Å². The van der Waals surface area contributed by atoms with E-state index < -0.39 is 0 Å². The minimum absolute atomic E-state index is 0.0898. The van der Waals surface area contributed by atoms with Crippen molar-refractivity contribution in [3.63, 3.8) is 0 Å². The molecule has 0 atom stereocenters. The van der Waals surface area contributed by atoms with Gasteiger partial charge < -0.3 is 10.2 Å². The van der Waals surface area contributed by atoms with Crippen LogP contribution >= 0.6 is 0 Å². The first-order valence-corrected chi connectivity index (χ1v) is 10.7. The quantitative estimate of drug-likeness (QED) is 0.607. The van der Waals surface area contributed by atoms with Crippen molar-refractivity contribution in [2.75, 3.05) is 18.4 Å². The van der Waals surface area contributed by atoms with E-state index in [1.54, 1.807) is 36.4 Å². The van der Waals surface area contributed by atoms with Gasteiger partial charge in [0.25, 0.3) is 0 Å². The molecule has 1 spiro atoms. The first kappa shape index (κ1) is 19.5. The Bertz CT molecular complexity index is 1170. The molecule has 6 heteroatoms. The maximum atomic E-state index is 13.8. The highest BCUT2D eigenvalue weighted by molar-refractivity contribution is 5.90. The molecule has 1 N–H and O–H groups in total. The van der Waals surface area contributed by atoms with Gasteiger partial charge in [-0.3, -0.25) is 4.98 Å². The third kappa shape index (κ3) is 3.72. The van der Waals surface area contributed by atoms with Gasteiger partial charge in [-0.25, -0.2) is 9.18 Å². The largest absolute Gasteiger partial charge is 0.323 e. The summed E-state index contributed by atoms with van der Waals surface area (Å²) in [5.41, 5.74) is 3.50. The molecule has 1 aliphatic carbocycles. The Kier molecular flexibility index (Phi) is 4.82. The number of hydrogen-bond donors (Lipinski definition) is 1. The highest BCUT2D eigenvalue weighted by atomic mass is 19.1. The monoisotopic (exact) mass is 414 g/mol. The zero-order valence-electron chi connectivity index (χ0n) is 17.1. The van der Waals surface area contributed by atoms with E-state index in [-0.39, 0.29) is 17.3 Å². The second-order valence-electron chi connectivity index (χ2n) is 8.81. The van der Waals surface area contributed by atoms with Gasteiger partial charge in [-0.1, -0.05) is 0 Å². The number of hydrogen-bond acceptors (Lipinski definition) is 3. The Morgan fingerprint density at radius 1 is 1.13 bits per heavy atom. The van der Waals surface area contributed by atoms with Gasteiger partial charge in [0.2, 0.25) is 0 Å². The number of halogens is 1. The summed E-state index contributed by atoms with van der Waals surface area (Å²) >= 11 is 0. The van der Waals surface area contributed by atoms with Crippen molar-refractivity contribution >= 4 is 22.6 Å². The molecular formula is C25H23FN4O. The summed E-state index contributed by atoms with van der Waals surface area (Å²) < 4.78 is 13.8. The van der Waals surface area contributed by atoms with Crippen molar-refractivity contribution in [1.29, 1.82) is 5.26 Å². The summed E-state index contributed by atoms with van der Waals surface area (Å²) in [5, 5.41) is 12.7. The molecule has 2 heterocycles. The molecule has 1 aliphatic heterocycles. The number of anilines is 1. The highest BCUT2D eigenvalue weighted by Gasteiger charge is 2.47. The fraction of sp³-hybridized carbons (Fsp3) is 0.320. The number of carbonyl (C=O) groups excluding carboxylic acids is 1. The molecule has 1 saturated heterocycles. The normalized spacial score (nSPS) is 17.9. The van der Waals surface area contributed by atoms with Crippen molar-refractivity contribution < 1.29 is 9.18 Å². The molecule has 2 amide bonds. The molecule has 0 unspecified atom stereocenters. The number of pyridine rings is 1. The van der Waals surface area contributed by atoms with Crippen LogP contribution in [0.3, 0.4) is 0 Å². The second-order valence-corrected chi connectivity index (χ2v) is 8.81. The maximum absolute atomic E-state index is 13.8. The van der Waals surface area contributed by atoms with Gasteiger partial charge in [-0.15, -0.1) is 0 Å². The third-order valence-corrected chi connectivity index (χ3v) is 6.83. The van der Waals surface area contributed by atoms with Crippen LogP contribution in [0.1, 0.15) is 42.7 Å². The SMILES string of the molecule is N#Cc1ccc(NC(=O)N2CC3(CCC(c4ccnc5ccc(F)cc45)CC3)C2)cc1. The van der Waals surface area contributed by atoms with Crippen molar-refractivity contribution in [1.82, 2.24) is 9.88 Å². The average molecular weight is 414 g/mol. The standard InChI is InChI=1S/C25H23FN4O/c26-19-3-6-23-22(13-19)21(9-12-28-23)18-7-10-25(11-8-18)15-30(16-25)24(31)29-20-4-1-17(14-27)2-5-20/h1-6,9,12-13,18H,7-8,10-11,15-16H2,(H,29,31). The Balaban J connectivity index is 1.20. The molecular weight excluding hydrogens is 391 g/mol. The Labute approximate surface area is 180 Å². The van der Waals surface area contributed by atoms with Crippen LogP contribution in [0, 0.1) is 22.6 Å². The van der Waals surface area contributed by atoms with Crippen LogP contribution < -0.4 is 5.32 Å². The number of carbonyl (C=O) groups is 1. The lowest BCUT2D eigenvalue weighted by atomic mass is 9.64. The van der Waals surface area contributed by atoms with Gasteiger partial charge in [-0.2, -0.15) is 5.26 Å². The van der Waals surface area contributed by atoms with Crippen molar-refractivity contribution in [2.45, 2.75) is 31.6 Å². The second kappa shape index (κ2) is 7.66. The molecule has 5 rings (SSSR count). The first-order valence-electron chi connectivity index (χ1n) is 10.7. The van der Waals surface area contributed by atoms with Crippen LogP contribution in [-0.4, -0.2) is 29.0 Å². The van der Waals surface area contributed by atoms with E-state index in [1.165, 1.54) is 11.6 Å². The summed E-state index contributed by atoms with van der Waals surface area (Å²) in [5.74, 6) is 0.177. The fourth-order valence-electron chi connectivity index (χ4n) is 5.09. The topological polar surface area (TPSA) is 69.0 Å². The van der Waals surface area contributed by atoms with E-state index in [9.17, 15) is 9.18 Å². The molecule has 2 aromatic carbocycles. The van der Waals surface area contributed by atoms with Crippen LogP contribution in [0.4, 0.5) is 14.9 Å². The number of nitrogens with zero attached hydrogens (tertiary/aromatic N) is 3. The number of likely N-dealkylation sites (tertiary alicyclic amines) is 1. The fourth-order valence-corrected chi connectivity index (χ4v) is 5.09. The Morgan fingerprint density at radius 2 is 1.87 bits per heavy atom. The zero-order valence-corrected chi connectivity index (χ0v) is 17.1. The lowest BCUT2D eigenvalue weighted by Gasteiger charge is -2.53. The van der Waals surface area contributed by atoms with Crippen molar-refractivity contribution in [3.8, 4) is 6.07 Å². The van der Waals surface area contributed by atoms with E-state index in [4.69, 9.17) is 5.26 Å². The first-order chi connectivity index (χ1) is 15.0. The van der Waals surface area contributed by atoms with Crippen LogP contribution in [0.25, 0.3) is 10.9 Å². The number of rotatable bonds is 2. The van der Waals surface area contributed by atoms with E-state index in [0.717, 1.165) is 49.7 Å². The predicted molar refractivity (Wildman–Crippen MR) is 117 cm³/mol. The maximum Gasteiger partial charge on any atom is 0.321 e. The summed E-state index contributed by atoms with van der Waals surface area (Å²) in [6, 6.07) is 15.7. The Morgan fingerprint density at radius 3 is 2.58 bits per heavy atom. The molecule has 2 aliphatic rings. The predicted octanol–water partition coefficient (Wildman–Crippen LogP) is 5.44. The molecule has 5 nitrogen and oxygen atoms in total. The number of fused-ring (bicyclic) bond motifs is 1. The summed E-state index contributed by atoms with van der Waals surface area (Å²) in [6.07, 6.45) is 6.04. The summed E-state index contributed by atoms with van der Waals surface area (Å²) in [7, 11) is 0. The average Bonchev–Trinajstić information content (AvgIpc) is 2.77. The minimum atomic E-state index is -0.225. The van der Waals surface area contributed by atoms with Gasteiger partial charge in [0.05, 0.1) is 17.1 Å². The van der Waals surface area contributed by atoms with E-state index in [0.29, 0.717) is 17.2 Å². The lowest BCUT2D eigenvalue weighted by Crippen LogP contribution is -2.60. The molecule has 0 bridgehead atoms. The van der Waals surface area contributed by atoms with Crippen LogP contribution in [0.5, 0.6) is 0 Å². The molecule has 2 fully saturated rings. The summed E-state index contributed by atoms with van der Waals surface area (Å²) in [6.45, 7) is 1.54. The van der Waals surface area contributed by atoms with E-state index in [1.807, 2.05) is 17.2 Å². The van der Waals surface area contributed by atoms with Gasteiger partial charge in [0.1, 0.15) is 5.82 Å². The van der Waals surface area contributed by atoms with Gasteiger partial charge in [0, 0.05) is 35.8 Å². The molecule has 3 aromatic rings. The van der Waals surface area contributed by atoms with Crippen molar-refractivity contribution in [3.05, 3.63) is 71.7 Å². The molecule has 156 valence electrons. The minimum Gasteiger partial charge on any atom is -0.323 e. The molecule has 0 radical (unpaired) electrons. The van der Waals surface area contributed by atoms with Crippen LogP contribution in [0.2, 0.25) is 0 Å². The zero-order chi connectivity index (χ0) is 21.4. The number of aromatic nitrogens is 1. The lowest BCUT2D eigenvalue weighted by molar-refractivity contribution is 0.000763. The van der Waals surface area contributed by atoms with E-state index in [2.05, 4.69) is 16.4 Å². The highest BCUT2D eigenvalue weighted by Crippen LogP contribution is 2.49. The number of nitrogens with one attached hydrogen (secondary N) is 1. The number of nitriles is 1. The number of urea groups is 1. The van der Waals surface area contributed by atoms with Crippen molar-refractivity contribution in [2.24, 2.45) is 5.41 Å². The molecule has 1 saturated carbocycles. The third-order valence-electron chi connectivity index (χ3n) is 6.83. The molecule has 1 aromatic heterocycles. The van der Waals surface area contributed by atoms with Gasteiger partial charge >= 0.3 is 6.03 Å². The number of amides is 2. The van der Waals surface area contributed by atoms with Gasteiger partial charge in [-0.05, 0) is 85.7 Å². The summed E-state index contributed by atoms with van der Waals surface area (Å²) in [4.78, 5) is 18.8. The smallest absolute Gasteiger partial charge is 0.321 e. The van der Waals surface area contributed by atoms with Crippen LogP contribution in [0.15, 0.2) is 54.7 Å². The van der Waals surface area contributed by atoms with E-state index >= 15 is 0 Å². The Hall–Kier alpha value is -3.46. The molecule has 31 heavy (non-hydrogen) atoms. The van der Waals surface area contributed by atoms with Gasteiger partial charge in [0.15, 0.2) is 0 Å².